The smallest absolute Gasteiger partial charge is 0.255 e. The molecule has 1 aromatic rings. The molecule has 62 heavy (non-hydrogen) atoms. The predicted octanol–water partition coefficient (Wildman–Crippen LogP) is 18.4. The lowest BCUT2D eigenvalue weighted by molar-refractivity contribution is 0.0937. The lowest BCUT2D eigenvalue weighted by atomic mass is 10.0. The van der Waals surface area contributed by atoms with E-state index < -0.39 is 0 Å². The summed E-state index contributed by atoms with van der Waals surface area (Å²) in [7, 11) is 0. The van der Waals surface area contributed by atoms with Gasteiger partial charge in [-0.1, -0.05) is 278 Å². The van der Waals surface area contributed by atoms with Crippen molar-refractivity contribution in [1.82, 2.24) is 10.6 Å². The largest absolute Gasteiger partial charge is 0.493 e. The van der Waals surface area contributed by atoms with Gasteiger partial charge in [-0.05, 0) is 37.5 Å². The molecule has 0 bridgehead atoms. The van der Waals surface area contributed by atoms with Gasteiger partial charge in [0, 0.05) is 18.7 Å². The molecule has 0 aliphatic carbocycles. The number of ether oxygens (including phenoxy) is 1. The van der Waals surface area contributed by atoms with E-state index in [1.165, 1.54) is 238 Å². The van der Waals surface area contributed by atoms with Crippen molar-refractivity contribution in [3.63, 3.8) is 0 Å². The summed E-state index contributed by atoms with van der Waals surface area (Å²) < 4.78 is 6.28. The van der Waals surface area contributed by atoms with Gasteiger partial charge < -0.3 is 15.4 Å². The standard InChI is InChI=1S/C57H106N2O3/c1-4-7-10-13-16-19-22-25-27-29-32-35-38-41-44-49-58-56(60)53-47-48-54(55(52-53)62-51-46-43-40-37-34-31-24-21-18-15-12-9-6-3)57(61)59-50-45-42-39-36-33-30-28-26-23-20-17-14-11-8-5-2/h47-48,52H,4-46,49-51H2,1-3H3,(H,58,60)(H,59,61). The molecule has 362 valence electrons. The Morgan fingerprint density at radius 2 is 0.629 bits per heavy atom. The summed E-state index contributed by atoms with van der Waals surface area (Å²) in [6, 6.07) is 5.39. The zero-order valence-electron chi connectivity index (χ0n) is 42.0. The van der Waals surface area contributed by atoms with Crippen LogP contribution in [0, 0.1) is 0 Å². The average molecular weight is 867 g/mol. The topological polar surface area (TPSA) is 67.4 Å². The summed E-state index contributed by atoms with van der Waals surface area (Å²) in [5.74, 6) is 0.365. The number of rotatable bonds is 49. The number of hydrogen-bond donors (Lipinski definition) is 2. The van der Waals surface area contributed by atoms with Crippen molar-refractivity contribution in [2.75, 3.05) is 19.7 Å². The minimum atomic E-state index is -0.0968. The van der Waals surface area contributed by atoms with Crippen LogP contribution < -0.4 is 15.4 Å². The van der Waals surface area contributed by atoms with Crippen molar-refractivity contribution >= 4 is 11.8 Å². The molecule has 0 spiro atoms. The van der Waals surface area contributed by atoms with Crippen LogP contribution in [0.25, 0.3) is 0 Å². The van der Waals surface area contributed by atoms with Crippen molar-refractivity contribution in [3.8, 4) is 5.75 Å². The maximum Gasteiger partial charge on any atom is 0.255 e. The van der Waals surface area contributed by atoms with Crippen molar-refractivity contribution in [2.45, 2.75) is 297 Å². The number of carbonyl (C=O) groups is 2. The van der Waals surface area contributed by atoms with Crippen molar-refractivity contribution < 1.29 is 14.3 Å². The first-order valence-electron chi connectivity index (χ1n) is 28.0. The van der Waals surface area contributed by atoms with E-state index >= 15 is 0 Å². The van der Waals surface area contributed by atoms with Gasteiger partial charge in [-0.3, -0.25) is 9.59 Å². The molecule has 0 saturated heterocycles. The number of unbranched alkanes of at least 4 members (excludes halogenated alkanes) is 40. The van der Waals surface area contributed by atoms with E-state index in [0.717, 1.165) is 38.5 Å². The fourth-order valence-corrected chi connectivity index (χ4v) is 8.87. The molecule has 5 heteroatoms. The Labute approximate surface area is 387 Å². The lowest BCUT2D eigenvalue weighted by Crippen LogP contribution is -2.26. The van der Waals surface area contributed by atoms with E-state index in [2.05, 4.69) is 31.4 Å². The van der Waals surface area contributed by atoms with Gasteiger partial charge in [0.2, 0.25) is 0 Å². The second kappa shape index (κ2) is 46.9. The molecule has 0 unspecified atom stereocenters. The van der Waals surface area contributed by atoms with Gasteiger partial charge >= 0.3 is 0 Å². The summed E-state index contributed by atoms with van der Waals surface area (Å²) >= 11 is 0. The third-order valence-electron chi connectivity index (χ3n) is 13.1. The first-order chi connectivity index (χ1) is 30.6. The summed E-state index contributed by atoms with van der Waals surface area (Å²) in [6.45, 7) is 8.80. The minimum absolute atomic E-state index is 0.0778. The van der Waals surface area contributed by atoms with Gasteiger partial charge in [0.1, 0.15) is 5.75 Å². The van der Waals surface area contributed by atoms with Crippen molar-refractivity contribution in [2.24, 2.45) is 0 Å². The third kappa shape index (κ3) is 37.3. The zero-order chi connectivity index (χ0) is 44.7. The number of nitrogens with one attached hydrogen (secondary N) is 2. The highest BCUT2D eigenvalue weighted by Gasteiger charge is 2.16. The molecule has 2 N–H and O–H groups in total. The fourth-order valence-electron chi connectivity index (χ4n) is 8.87. The van der Waals surface area contributed by atoms with Crippen LogP contribution in [0.3, 0.4) is 0 Å². The Hall–Kier alpha value is -2.04. The fraction of sp³-hybridized carbons (Fsp3) is 0.860. The third-order valence-corrected chi connectivity index (χ3v) is 13.1. The second-order valence-electron chi connectivity index (χ2n) is 19.2. The van der Waals surface area contributed by atoms with E-state index in [9.17, 15) is 9.59 Å². The summed E-state index contributed by atoms with van der Waals surface area (Å²) in [5, 5.41) is 6.28. The van der Waals surface area contributed by atoms with Crippen LogP contribution in [-0.4, -0.2) is 31.5 Å². The SMILES string of the molecule is CCCCCCCCCCCCCCCCCNC(=O)c1ccc(C(=O)NCCCCCCCCCCCCCCCCC)c(OCCCCCCCCCCCCCCC)c1. The average Bonchev–Trinajstić information content (AvgIpc) is 3.28. The molecule has 0 fully saturated rings. The molecule has 1 rings (SSSR count). The Bertz CT molecular complexity index is 1110. The van der Waals surface area contributed by atoms with Gasteiger partial charge in [0.15, 0.2) is 0 Å². The van der Waals surface area contributed by atoms with Crippen LogP contribution in [0.5, 0.6) is 5.75 Å². The molecule has 2 amide bonds. The molecule has 0 heterocycles. The number of benzene rings is 1. The Kier molecular flexibility index (Phi) is 43.9. The highest BCUT2D eigenvalue weighted by atomic mass is 16.5. The molecular weight excluding hydrogens is 761 g/mol. The van der Waals surface area contributed by atoms with E-state index in [-0.39, 0.29) is 11.8 Å². The van der Waals surface area contributed by atoms with E-state index in [0.29, 0.717) is 36.6 Å². The van der Waals surface area contributed by atoms with E-state index in [1.807, 2.05) is 0 Å². The van der Waals surface area contributed by atoms with Gasteiger partial charge in [-0.25, -0.2) is 0 Å². The Morgan fingerprint density at radius 3 is 0.952 bits per heavy atom. The molecule has 0 atom stereocenters. The summed E-state index contributed by atoms with van der Waals surface area (Å²) in [6.07, 6.45) is 57.0. The van der Waals surface area contributed by atoms with Crippen LogP contribution in [-0.2, 0) is 0 Å². The molecule has 0 aliphatic heterocycles. The Morgan fingerprint density at radius 1 is 0.355 bits per heavy atom. The van der Waals surface area contributed by atoms with Gasteiger partial charge in [-0.2, -0.15) is 0 Å². The maximum atomic E-state index is 13.4. The highest BCUT2D eigenvalue weighted by molar-refractivity contribution is 6.00. The van der Waals surface area contributed by atoms with Crippen LogP contribution in [0.2, 0.25) is 0 Å². The van der Waals surface area contributed by atoms with Gasteiger partial charge in [0.05, 0.1) is 12.2 Å². The molecule has 1 aromatic carbocycles. The number of amides is 2. The van der Waals surface area contributed by atoms with Crippen molar-refractivity contribution in [3.05, 3.63) is 29.3 Å². The van der Waals surface area contributed by atoms with Crippen molar-refractivity contribution in [1.29, 1.82) is 0 Å². The van der Waals surface area contributed by atoms with Crippen LogP contribution in [0.1, 0.15) is 318 Å². The minimum Gasteiger partial charge on any atom is -0.493 e. The summed E-state index contributed by atoms with van der Waals surface area (Å²) in [4.78, 5) is 26.6. The van der Waals surface area contributed by atoms with Crippen LogP contribution in [0.15, 0.2) is 18.2 Å². The zero-order valence-corrected chi connectivity index (χ0v) is 42.0. The number of hydrogen-bond acceptors (Lipinski definition) is 3. The van der Waals surface area contributed by atoms with Crippen LogP contribution in [0.4, 0.5) is 0 Å². The van der Waals surface area contributed by atoms with Crippen LogP contribution >= 0.6 is 0 Å². The Balaban J connectivity index is 2.38. The molecule has 0 saturated carbocycles. The molecule has 0 radical (unpaired) electrons. The van der Waals surface area contributed by atoms with E-state index in [1.54, 1.807) is 18.2 Å². The maximum absolute atomic E-state index is 13.4. The normalized spacial score (nSPS) is 11.3. The lowest BCUT2D eigenvalue weighted by Gasteiger charge is -2.14. The van der Waals surface area contributed by atoms with Gasteiger partial charge in [0.25, 0.3) is 11.8 Å². The first-order valence-corrected chi connectivity index (χ1v) is 28.0. The second-order valence-corrected chi connectivity index (χ2v) is 19.2. The quantitative estimate of drug-likeness (QED) is 0.0641. The summed E-state index contributed by atoms with van der Waals surface area (Å²) in [5.41, 5.74) is 1.12. The highest BCUT2D eigenvalue weighted by Crippen LogP contribution is 2.23. The molecule has 0 aliphatic rings. The number of carbonyl (C=O) groups excluding carboxylic acids is 2. The molecule has 5 nitrogen and oxygen atoms in total. The monoisotopic (exact) mass is 867 g/mol. The molecule has 0 aromatic heterocycles. The molecular formula is C57H106N2O3. The predicted molar refractivity (Wildman–Crippen MR) is 272 cm³/mol. The van der Waals surface area contributed by atoms with Gasteiger partial charge in [-0.15, -0.1) is 0 Å². The first kappa shape index (κ1) is 58.0. The van der Waals surface area contributed by atoms with E-state index in [4.69, 9.17) is 4.74 Å².